The summed E-state index contributed by atoms with van der Waals surface area (Å²) in [6.45, 7) is 7.15. The van der Waals surface area contributed by atoms with E-state index in [9.17, 15) is 8.42 Å². The first kappa shape index (κ1) is 23.9. The molecule has 0 saturated carbocycles. The Kier molecular flexibility index (Phi) is 9.71. The summed E-state index contributed by atoms with van der Waals surface area (Å²) < 4.78 is 27.5. The molecule has 0 radical (unpaired) electrons. The van der Waals surface area contributed by atoms with E-state index in [-0.39, 0.29) is 30.5 Å². The van der Waals surface area contributed by atoms with Crippen molar-refractivity contribution in [2.75, 3.05) is 20.1 Å². The lowest BCUT2D eigenvalue weighted by Crippen LogP contribution is -2.41. The van der Waals surface area contributed by atoms with Crippen LogP contribution < -0.4 is 15.4 Å². The molecule has 0 aliphatic carbocycles. The van der Waals surface area contributed by atoms with Crippen molar-refractivity contribution in [2.45, 2.75) is 32.2 Å². The second-order valence-electron chi connectivity index (χ2n) is 6.05. The topological polar surface area (TPSA) is 82.6 Å². The quantitative estimate of drug-likeness (QED) is 0.226. The Morgan fingerprint density at radius 2 is 1.81 bits per heavy atom. The first-order chi connectivity index (χ1) is 12.3. The molecule has 0 fully saturated rings. The molecule has 1 aromatic carbocycles. The van der Waals surface area contributed by atoms with Crippen molar-refractivity contribution in [3.63, 3.8) is 0 Å². The lowest BCUT2D eigenvalue weighted by Gasteiger charge is -2.13. The summed E-state index contributed by atoms with van der Waals surface area (Å²) in [7, 11) is -1.83. The molecule has 0 saturated heterocycles. The highest BCUT2D eigenvalue weighted by Gasteiger charge is 2.16. The Balaban J connectivity index is 0.00000364. The second-order valence-corrected chi connectivity index (χ2v) is 8.78. The van der Waals surface area contributed by atoms with E-state index in [1.165, 1.54) is 10.4 Å². The highest BCUT2D eigenvalue weighted by atomic mass is 127. The van der Waals surface area contributed by atoms with Crippen LogP contribution in [0.15, 0.2) is 39.5 Å². The summed E-state index contributed by atoms with van der Waals surface area (Å²) in [6.07, 6.45) is 0. The molecule has 2 rings (SSSR count). The van der Waals surface area contributed by atoms with Gasteiger partial charge in [-0.1, -0.05) is 12.1 Å². The highest BCUT2D eigenvalue weighted by molar-refractivity contribution is 14.0. The molecule has 3 N–H and O–H groups in total. The number of nitrogens with zero attached hydrogens (tertiary/aromatic N) is 1. The Bertz CT molecular complexity index is 879. The molecule has 1 heterocycles. The van der Waals surface area contributed by atoms with Gasteiger partial charge < -0.3 is 10.6 Å². The SMILES string of the molecule is CN=C(NCCNS(=O)(=O)c1cc(C)ccc1C)NCc1sccc1C.I. The van der Waals surface area contributed by atoms with Crippen LogP contribution in [0.1, 0.15) is 21.6 Å². The van der Waals surface area contributed by atoms with E-state index in [0.717, 1.165) is 11.1 Å². The minimum absolute atomic E-state index is 0. The van der Waals surface area contributed by atoms with Gasteiger partial charge in [0, 0.05) is 25.0 Å². The van der Waals surface area contributed by atoms with E-state index in [1.807, 2.05) is 19.1 Å². The van der Waals surface area contributed by atoms with Crippen molar-refractivity contribution >= 4 is 51.3 Å². The van der Waals surface area contributed by atoms with Gasteiger partial charge in [0.1, 0.15) is 0 Å². The van der Waals surface area contributed by atoms with Crippen molar-refractivity contribution in [2.24, 2.45) is 4.99 Å². The minimum Gasteiger partial charge on any atom is -0.355 e. The largest absolute Gasteiger partial charge is 0.355 e. The summed E-state index contributed by atoms with van der Waals surface area (Å²) in [5, 5.41) is 8.41. The molecule has 6 nitrogen and oxygen atoms in total. The fourth-order valence-corrected chi connectivity index (χ4v) is 4.62. The van der Waals surface area contributed by atoms with E-state index in [2.05, 4.69) is 38.7 Å². The fourth-order valence-electron chi connectivity index (χ4n) is 2.41. The molecular formula is C18H27IN4O2S2. The van der Waals surface area contributed by atoms with Gasteiger partial charge in [0.2, 0.25) is 10.0 Å². The third-order valence-electron chi connectivity index (χ3n) is 3.95. The van der Waals surface area contributed by atoms with Crippen LogP contribution in [-0.4, -0.2) is 34.5 Å². The van der Waals surface area contributed by atoms with Crippen LogP contribution in [0.25, 0.3) is 0 Å². The smallest absolute Gasteiger partial charge is 0.240 e. The lowest BCUT2D eigenvalue weighted by atomic mass is 10.2. The zero-order valence-electron chi connectivity index (χ0n) is 16.0. The number of nitrogens with one attached hydrogen (secondary N) is 3. The predicted molar refractivity (Wildman–Crippen MR) is 124 cm³/mol. The molecule has 0 aliphatic heterocycles. The van der Waals surface area contributed by atoms with E-state index in [0.29, 0.717) is 23.9 Å². The summed E-state index contributed by atoms with van der Waals surface area (Å²) >= 11 is 1.70. The van der Waals surface area contributed by atoms with Gasteiger partial charge in [-0.3, -0.25) is 4.99 Å². The Morgan fingerprint density at radius 1 is 1.07 bits per heavy atom. The van der Waals surface area contributed by atoms with Crippen LogP contribution in [0.5, 0.6) is 0 Å². The number of hydrogen-bond donors (Lipinski definition) is 3. The minimum atomic E-state index is -3.52. The van der Waals surface area contributed by atoms with Gasteiger partial charge in [0.15, 0.2) is 5.96 Å². The Hall–Kier alpha value is -1.17. The highest BCUT2D eigenvalue weighted by Crippen LogP contribution is 2.16. The molecule has 9 heteroatoms. The summed E-state index contributed by atoms with van der Waals surface area (Å²) in [4.78, 5) is 5.74. The second kappa shape index (κ2) is 11.0. The Morgan fingerprint density at radius 3 is 2.44 bits per heavy atom. The maximum Gasteiger partial charge on any atom is 0.240 e. The number of benzene rings is 1. The third kappa shape index (κ3) is 7.05. The molecule has 0 unspecified atom stereocenters. The molecule has 1 aromatic heterocycles. The molecule has 0 bridgehead atoms. The van der Waals surface area contributed by atoms with Gasteiger partial charge in [-0.2, -0.15) is 0 Å². The molecule has 0 atom stereocenters. The molecule has 0 amide bonds. The maximum atomic E-state index is 12.5. The normalized spacial score (nSPS) is 11.8. The van der Waals surface area contributed by atoms with Crippen molar-refractivity contribution < 1.29 is 8.42 Å². The molecule has 150 valence electrons. The zero-order chi connectivity index (χ0) is 19.2. The number of aryl methyl sites for hydroxylation is 3. The first-order valence-corrected chi connectivity index (χ1v) is 10.7. The summed E-state index contributed by atoms with van der Waals surface area (Å²) in [5.74, 6) is 0.642. The van der Waals surface area contributed by atoms with E-state index in [4.69, 9.17) is 0 Å². The Labute approximate surface area is 182 Å². The van der Waals surface area contributed by atoms with Gasteiger partial charge in [-0.25, -0.2) is 13.1 Å². The number of aliphatic imine (C=N–C) groups is 1. The van der Waals surface area contributed by atoms with Crippen LogP contribution in [0.3, 0.4) is 0 Å². The number of hydrogen-bond acceptors (Lipinski definition) is 4. The van der Waals surface area contributed by atoms with E-state index in [1.54, 1.807) is 31.4 Å². The van der Waals surface area contributed by atoms with Crippen molar-refractivity contribution in [1.29, 1.82) is 0 Å². The zero-order valence-corrected chi connectivity index (χ0v) is 20.0. The number of sulfonamides is 1. The van der Waals surface area contributed by atoms with E-state index >= 15 is 0 Å². The average molecular weight is 522 g/mol. The average Bonchev–Trinajstić information content (AvgIpc) is 3.01. The van der Waals surface area contributed by atoms with Crippen molar-refractivity contribution in [3.05, 3.63) is 51.2 Å². The summed E-state index contributed by atoms with van der Waals surface area (Å²) in [5.41, 5.74) is 2.90. The molecule has 27 heavy (non-hydrogen) atoms. The van der Waals surface area contributed by atoms with Crippen LogP contribution in [0.4, 0.5) is 0 Å². The number of guanidine groups is 1. The van der Waals surface area contributed by atoms with E-state index < -0.39 is 10.0 Å². The molecule has 2 aromatic rings. The maximum absolute atomic E-state index is 12.5. The van der Waals surface area contributed by atoms with Crippen molar-refractivity contribution in [1.82, 2.24) is 15.4 Å². The summed E-state index contributed by atoms with van der Waals surface area (Å²) in [6, 6.07) is 7.50. The number of halogens is 1. The lowest BCUT2D eigenvalue weighted by molar-refractivity contribution is 0.580. The van der Waals surface area contributed by atoms with Gasteiger partial charge >= 0.3 is 0 Å². The van der Waals surface area contributed by atoms with Crippen LogP contribution in [0, 0.1) is 20.8 Å². The molecule has 0 aliphatic rings. The van der Waals surface area contributed by atoms with Gasteiger partial charge in [-0.05, 0) is 55.0 Å². The van der Waals surface area contributed by atoms with Gasteiger partial charge in [0.05, 0.1) is 11.4 Å². The standard InChI is InChI=1S/C18H26N4O2S2.HI/c1-13-5-6-15(3)17(11-13)26(23,24)22-9-8-20-18(19-4)21-12-16-14(2)7-10-25-16;/h5-7,10-11,22H,8-9,12H2,1-4H3,(H2,19,20,21);1H. The van der Waals surface area contributed by atoms with Crippen LogP contribution in [0.2, 0.25) is 0 Å². The van der Waals surface area contributed by atoms with Gasteiger partial charge in [-0.15, -0.1) is 35.3 Å². The number of rotatable bonds is 7. The first-order valence-electron chi connectivity index (χ1n) is 8.38. The molecule has 0 spiro atoms. The van der Waals surface area contributed by atoms with Crippen LogP contribution >= 0.6 is 35.3 Å². The third-order valence-corrected chi connectivity index (χ3v) is 6.58. The van der Waals surface area contributed by atoms with Crippen molar-refractivity contribution in [3.8, 4) is 0 Å². The van der Waals surface area contributed by atoms with Gasteiger partial charge in [0.25, 0.3) is 0 Å². The van der Waals surface area contributed by atoms with Crippen LogP contribution in [-0.2, 0) is 16.6 Å². The fraction of sp³-hybridized carbons (Fsp3) is 0.389. The monoisotopic (exact) mass is 522 g/mol. The molecular weight excluding hydrogens is 495 g/mol. The predicted octanol–water partition coefficient (Wildman–Crippen LogP) is 2.93. The number of thiophene rings is 1.